The van der Waals surface area contributed by atoms with Crippen molar-refractivity contribution in [2.24, 2.45) is 5.92 Å². The van der Waals surface area contributed by atoms with Crippen molar-refractivity contribution < 1.29 is 93.1 Å². The Bertz CT molecular complexity index is 406. The van der Waals surface area contributed by atoms with Crippen molar-refractivity contribution in [1.29, 1.82) is 0 Å². The van der Waals surface area contributed by atoms with Crippen LogP contribution >= 0.6 is 0 Å². The molecular weight excluding hydrogens is 593 g/mol. The van der Waals surface area contributed by atoms with Crippen molar-refractivity contribution in [3.63, 3.8) is 0 Å². The first kappa shape index (κ1) is 27.5. The van der Waals surface area contributed by atoms with Gasteiger partial charge in [0.2, 0.25) is 0 Å². The normalized spacial score (nSPS) is 46.2. The van der Waals surface area contributed by atoms with E-state index in [9.17, 15) is 20.4 Å². The van der Waals surface area contributed by atoms with Crippen LogP contribution in [-0.4, -0.2) is 82.3 Å². The minimum atomic E-state index is -1.35. The summed E-state index contributed by atoms with van der Waals surface area (Å²) in [5.74, 6) is -0.323. The molecule has 0 aromatic heterocycles. The molecule has 2 aliphatic rings. The van der Waals surface area contributed by atoms with Crippen LogP contribution in [0.1, 0.15) is 20.3 Å². The fraction of sp³-hybridized carbons (Fsp3) is 0.875. The first-order valence-corrected chi connectivity index (χ1v) is 8.28. The molecule has 10 atom stereocenters. The summed E-state index contributed by atoms with van der Waals surface area (Å²) in [6.07, 6.45) is -9.21. The molecule has 0 spiro atoms. The maximum Gasteiger partial charge on any atom is 0.184 e. The Morgan fingerprint density at radius 2 is 1.38 bits per heavy atom. The fourth-order valence-electron chi connectivity index (χ4n) is 3.14. The Kier molecular flexibility index (Phi) is 12.9. The average molecular weight is 621 g/mol. The Morgan fingerprint density at radius 1 is 0.846 bits per heavy atom. The summed E-state index contributed by atoms with van der Waals surface area (Å²) in [6.45, 7) is 11.4. The predicted molar refractivity (Wildman–Crippen MR) is 82.3 cm³/mol. The van der Waals surface area contributed by atoms with Crippen molar-refractivity contribution in [1.82, 2.24) is 0 Å². The van der Waals surface area contributed by atoms with E-state index in [-0.39, 0.29) is 59.7 Å². The molecule has 0 aliphatic carbocycles. The molecule has 2 aliphatic heterocycles. The molecule has 26 heavy (non-hydrogen) atoms. The molecule has 0 amide bonds. The van der Waals surface area contributed by atoms with Gasteiger partial charge in [-0.15, -0.1) is 0 Å². The van der Waals surface area contributed by atoms with Gasteiger partial charge in [-0.2, -0.15) is 0 Å². The van der Waals surface area contributed by atoms with E-state index in [2.05, 4.69) is 13.8 Å². The number of aliphatic hydroxyl groups excluding tert-OH is 4. The Hall–Kier alpha value is 1.47. The third kappa shape index (κ3) is 5.99. The van der Waals surface area contributed by atoms with Gasteiger partial charge in [0, 0.05) is 60.4 Å². The van der Waals surface area contributed by atoms with E-state index in [0.29, 0.717) is 13.0 Å². The van der Waals surface area contributed by atoms with Gasteiger partial charge in [-0.1, -0.05) is 19.4 Å². The van der Waals surface area contributed by atoms with Crippen LogP contribution in [0.2, 0.25) is 0 Å². The van der Waals surface area contributed by atoms with Crippen molar-refractivity contribution in [3.8, 4) is 0 Å². The van der Waals surface area contributed by atoms with Crippen LogP contribution in [0.25, 0.3) is 0 Å². The molecule has 2 rings (SSSR count). The molecule has 2 heterocycles. The topological polar surface area (TPSA) is 118 Å². The van der Waals surface area contributed by atoms with E-state index in [1.165, 1.54) is 0 Å². The zero-order valence-electron chi connectivity index (χ0n) is 15.0. The molecular formula is C16H28O8WY-2. The van der Waals surface area contributed by atoms with Crippen molar-refractivity contribution >= 4 is 0 Å². The van der Waals surface area contributed by atoms with Gasteiger partial charge in [-0.05, 0) is 18.9 Å². The largest absolute Gasteiger partial charge is 0.390 e. The van der Waals surface area contributed by atoms with Crippen molar-refractivity contribution in [2.75, 3.05) is 6.61 Å². The number of aliphatic hydroxyl groups is 4. The maximum atomic E-state index is 10.3. The quantitative estimate of drug-likeness (QED) is 0.289. The van der Waals surface area contributed by atoms with Crippen LogP contribution < -0.4 is 0 Å². The first-order chi connectivity index (χ1) is 11.3. The van der Waals surface area contributed by atoms with Gasteiger partial charge < -0.3 is 53.2 Å². The minimum Gasteiger partial charge on any atom is -0.390 e. The summed E-state index contributed by atoms with van der Waals surface area (Å²) >= 11 is 0. The van der Waals surface area contributed by atoms with E-state index in [1.54, 1.807) is 6.92 Å². The summed E-state index contributed by atoms with van der Waals surface area (Å²) < 4.78 is 21.7. The molecule has 151 valence electrons. The summed E-state index contributed by atoms with van der Waals surface area (Å²) in [6, 6.07) is 0. The van der Waals surface area contributed by atoms with Crippen molar-refractivity contribution in [2.45, 2.75) is 75.6 Å². The summed E-state index contributed by atoms with van der Waals surface area (Å²) in [5.41, 5.74) is 0. The molecule has 0 aromatic rings. The summed E-state index contributed by atoms with van der Waals surface area (Å²) in [7, 11) is 0. The molecule has 10 heteroatoms. The van der Waals surface area contributed by atoms with Crippen molar-refractivity contribution in [3.05, 3.63) is 13.8 Å². The standard InChI is InChI=1S/C16H28O8.W.Y/c1-5-9-7(3)22-16(12(19)10(9)17)24-14-8(4)23-15(21-6-2)13(20)11(14)18;;/h7-20H,3-6H2,1-2H3;;/q-2;;/t7?,8?,9?,10?,11?,12?,13?,14?,15-,16+;;/m1../s1. The summed E-state index contributed by atoms with van der Waals surface area (Å²) in [5, 5.41) is 40.7. The Morgan fingerprint density at radius 3 is 1.92 bits per heavy atom. The summed E-state index contributed by atoms with van der Waals surface area (Å²) in [4.78, 5) is 0. The predicted octanol–water partition coefficient (Wildman–Crippen LogP) is -1.01. The second-order valence-corrected chi connectivity index (χ2v) is 6.18. The molecule has 1 radical (unpaired) electrons. The molecule has 8 unspecified atom stereocenters. The van der Waals surface area contributed by atoms with Crippen LogP contribution in [0.3, 0.4) is 0 Å². The molecule has 0 saturated carbocycles. The van der Waals surface area contributed by atoms with Gasteiger partial charge in [-0.25, -0.2) is 0 Å². The van der Waals surface area contributed by atoms with Gasteiger partial charge >= 0.3 is 0 Å². The smallest absolute Gasteiger partial charge is 0.184 e. The van der Waals surface area contributed by atoms with Crippen LogP contribution in [0.5, 0.6) is 0 Å². The monoisotopic (exact) mass is 621 g/mol. The zero-order valence-corrected chi connectivity index (χ0v) is 20.8. The molecule has 2 fully saturated rings. The average Bonchev–Trinajstić information content (AvgIpc) is 2.54. The zero-order chi connectivity index (χ0) is 18.0. The number of hydrogen-bond acceptors (Lipinski definition) is 8. The molecule has 8 nitrogen and oxygen atoms in total. The number of hydrogen-bond donors (Lipinski definition) is 4. The number of rotatable bonds is 5. The van der Waals surface area contributed by atoms with Crippen LogP contribution in [0.4, 0.5) is 0 Å². The third-order valence-electron chi connectivity index (χ3n) is 4.59. The first-order valence-electron chi connectivity index (χ1n) is 8.28. The second kappa shape index (κ2) is 12.2. The third-order valence-corrected chi connectivity index (χ3v) is 4.59. The minimum absolute atomic E-state index is 0. The van der Waals surface area contributed by atoms with Crippen LogP contribution in [0.15, 0.2) is 0 Å². The van der Waals surface area contributed by atoms with E-state index in [4.69, 9.17) is 18.9 Å². The van der Waals surface area contributed by atoms with Gasteiger partial charge in [-0.3, -0.25) is 0 Å². The SMILES string of the molecule is [CH2-]C1O[C@@H](OC2C([CH2-])O[C@@H](OCC)C(O)C2O)C(O)C(O)C1CC.[W].[Y]. The molecule has 0 bridgehead atoms. The Labute approximate surface area is 194 Å². The van der Waals surface area contributed by atoms with E-state index in [1.807, 2.05) is 6.92 Å². The van der Waals surface area contributed by atoms with Crippen LogP contribution in [-0.2, 0) is 72.7 Å². The van der Waals surface area contributed by atoms with E-state index < -0.39 is 55.3 Å². The Balaban J connectivity index is 0.00000312. The maximum absolute atomic E-state index is 10.3. The van der Waals surface area contributed by atoms with E-state index >= 15 is 0 Å². The molecule has 4 N–H and O–H groups in total. The van der Waals surface area contributed by atoms with Crippen LogP contribution in [0, 0.1) is 19.8 Å². The van der Waals surface area contributed by atoms with E-state index in [0.717, 1.165) is 0 Å². The second-order valence-electron chi connectivity index (χ2n) is 6.18. The van der Waals surface area contributed by atoms with Gasteiger partial charge in [0.15, 0.2) is 12.6 Å². The van der Waals surface area contributed by atoms with Gasteiger partial charge in [0.1, 0.15) is 18.3 Å². The molecule has 0 aromatic carbocycles. The van der Waals surface area contributed by atoms with Gasteiger partial charge in [0.05, 0.1) is 12.2 Å². The molecule has 2 saturated heterocycles. The van der Waals surface area contributed by atoms with Gasteiger partial charge in [0.25, 0.3) is 0 Å². The number of ether oxygens (including phenoxy) is 4. The fourth-order valence-corrected chi connectivity index (χ4v) is 3.14.